The third-order valence-corrected chi connectivity index (χ3v) is 5.70. The van der Waals surface area contributed by atoms with Crippen LogP contribution in [0.2, 0.25) is 5.02 Å². The molecule has 3 rings (SSSR count). The van der Waals surface area contributed by atoms with E-state index in [0.29, 0.717) is 5.13 Å². The number of anilines is 1. The zero-order valence-electron chi connectivity index (χ0n) is 10.8. The summed E-state index contributed by atoms with van der Waals surface area (Å²) in [5.41, 5.74) is 7.83. The van der Waals surface area contributed by atoms with E-state index >= 15 is 0 Å². The van der Waals surface area contributed by atoms with Gasteiger partial charge in [0.25, 0.3) is 0 Å². The van der Waals surface area contributed by atoms with Gasteiger partial charge in [0.15, 0.2) is 4.34 Å². The Morgan fingerprint density at radius 2 is 2.00 bits per heavy atom. The zero-order chi connectivity index (χ0) is 14.7. The molecule has 0 unspecified atom stereocenters. The molecule has 0 aliphatic rings. The van der Waals surface area contributed by atoms with Gasteiger partial charge in [0.1, 0.15) is 0 Å². The van der Waals surface area contributed by atoms with Crippen LogP contribution in [0.5, 0.6) is 0 Å². The Morgan fingerprint density at radius 1 is 1.19 bits per heavy atom. The van der Waals surface area contributed by atoms with E-state index in [1.54, 1.807) is 23.1 Å². The van der Waals surface area contributed by atoms with E-state index in [1.165, 1.54) is 16.9 Å². The number of halogens is 1. The van der Waals surface area contributed by atoms with Crippen LogP contribution in [-0.4, -0.2) is 15.2 Å². The first-order valence-electron chi connectivity index (χ1n) is 6.08. The lowest BCUT2D eigenvalue weighted by molar-refractivity contribution is 1.01. The van der Waals surface area contributed by atoms with E-state index in [-0.39, 0.29) is 0 Å². The molecule has 2 aromatic heterocycles. The molecule has 0 atom stereocenters. The molecule has 1 aromatic carbocycles. The Morgan fingerprint density at radius 3 is 2.71 bits per heavy atom. The van der Waals surface area contributed by atoms with Gasteiger partial charge in [-0.1, -0.05) is 46.8 Å². The van der Waals surface area contributed by atoms with E-state index in [4.69, 9.17) is 17.3 Å². The predicted octanol–water partition coefficient (Wildman–Crippen LogP) is 4.11. The molecular weight excluding hydrogens is 344 g/mol. The Hall–Kier alpha value is -1.15. The van der Waals surface area contributed by atoms with Crippen molar-refractivity contribution in [1.29, 1.82) is 0 Å². The molecule has 8 heteroatoms. The topological polar surface area (TPSA) is 64.7 Å². The van der Waals surface area contributed by atoms with E-state index in [2.05, 4.69) is 20.6 Å². The van der Waals surface area contributed by atoms with Crippen LogP contribution in [0.4, 0.5) is 5.13 Å². The van der Waals surface area contributed by atoms with E-state index in [1.807, 2.05) is 24.3 Å². The van der Waals surface area contributed by atoms with Gasteiger partial charge in [-0.2, -0.15) is 0 Å². The zero-order valence-corrected chi connectivity index (χ0v) is 14.0. The number of rotatable bonds is 5. The largest absolute Gasteiger partial charge is 0.374 e. The fourth-order valence-corrected chi connectivity index (χ4v) is 4.28. The smallest absolute Gasteiger partial charge is 0.203 e. The van der Waals surface area contributed by atoms with E-state index < -0.39 is 0 Å². The highest BCUT2D eigenvalue weighted by atomic mass is 35.5. The van der Waals surface area contributed by atoms with Gasteiger partial charge in [0.2, 0.25) is 5.13 Å². The maximum atomic E-state index is 5.89. The summed E-state index contributed by atoms with van der Waals surface area (Å²) in [6, 6.07) is 7.87. The first-order chi connectivity index (χ1) is 10.2. The van der Waals surface area contributed by atoms with Gasteiger partial charge in [-0.05, 0) is 17.7 Å². The summed E-state index contributed by atoms with van der Waals surface area (Å²) in [6.45, 7) is 0. The molecule has 0 bridgehead atoms. The molecule has 0 saturated carbocycles. The van der Waals surface area contributed by atoms with Crippen LogP contribution in [0, 0.1) is 0 Å². The third-order valence-electron chi connectivity index (χ3n) is 2.63. The molecule has 21 heavy (non-hydrogen) atoms. The molecule has 0 fully saturated rings. The Bertz CT molecular complexity index is 723. The lowest BCUT2D eigenvalue weighted by Gasteiger charge is -1.98. The van der Waals surface area contributed by atoms with Crippen LogP contribution in [-0.2, 0) is 12.2 Å². The fourth-order valence-electron chi connectivity index (χ4n) is 1.69. The maximum absolute atomic E-state index is 5.89. The minimum absolute atomic E-state index is 0.499. The van der Waals surface area contributed by atoms with Gasteiger partial charge in [-0.15, -0.1) is 21.5 Å². The Balaban J connectivity index is 1.59. The van der Waals surface area contributed by atoms with E-state index in [0.717, 1.165) is 32.2 Å². The van der Waals surface area contributed by atoms with Gasteiger partial charge >= 0.3 is 0 Å². The van der Waals surface area contributed by atoms with Crippen molar-refractivity contribution in [3.63, 3.8) is 0 Å². The second-order valence-corrected chi connectivity index (χ2v) is 7.84. The van der Waals surface area contributed by atoms with Crippen LogP contribution < -0.4 is 5.73 Å². The second-order valence-electron chi connectivity index (χ2n) is 4.23. The lowest BCUT2D eigenvalue weighted by Crippen LogP contribution is -1.88. The summed E-state index contributed by atoms with van der Waals surface area (Å²) in [5, 5.41) is 12.2. The van der Waals surface area contributed by atoms with Gasteiger partial charge in [0.05, 0.1) is 10.7 Å². The highest BCUT2D eigenvalue weighted by molar-refractivity contribution is 8.00. The molecule has 108 valence electrons. The molecule has 0 amide bonds. The summed E-state index contributed by atoms with van der Waals surface area (Å²) >= 11 is 10.6. The number of hydrogen-bond donors (Lipinski definition) is 1. The summed E-state index contributed by atoms with van der Waals surface area (Å²) < 4.78 is 0.875. The molecular formula is C13H11ClN4S3. The monoisotopic (exact) mass is 354 g/mol. The average molecular weight is 355 g/mol. The minimum Gasteiger partial charge on any atom is -0.374 e. The molecule has 2 heterocycles. The molecule has 2 N–H and O–H groups in total. The average Bonchev–Trinajstić information content (AvgIpc) is 3.08. The van der Waals surface area contributed by atoms with Gasteiger partial charge in [-0.25, -0.2) is 4.98 Å². The maximum Gasteiger partial charge on any atom is 0.203 e. The first kappa shape index (κ1) is 14.8. The molecule has 0 aliphatic carbocycles. The van der Waals surface area contributed by atoms with E-state index in [9.17, 15) is 0 Å². The van der Waals surface area contributed by atoms with Crippen LogP contribution in [0.1, 0.15) is 16.3 Å². The van der Waals surface area contributed by atoms with Crippen molar-refractivity contribution in [2.45, 2.75) is 16.5 Å². The summed E-state index contributed by atoms with van der Waals surface area (Å²) in [5.74, 6) is 0.783. The molecule has 0 saturated heterocycles. The van der Waals surface area contributed by atoms with Crippen molar-refractivity contribution in [3.8, 4) is 0 Å². The van der Waals surface area contributed by atoms with Crippen LogP contribution >= 0.6 is 46.0 Å². The Labute approximate surface area is 139 Å². The molecule has 4 nitrogen and oxygen atoms in total. The van der Waals surface area contributed by atoms with Crippen LogP contribution in [0.3, 0.4) is 0 Å². The minimum atomic E-state index is 0.499. The van der Waals surface area contributed by atoms with Gasteiger partial charge in [-0.3, -0.25) is 0 Å². The highest BCUT2D eigenvalue weighted by Gasteiger charge is 2.07. The summed E-state index contributed by atoms with van der Waals surface area (Å²) in [7, 11) is 0. The van der Waals surface area contributed by atoms with Crippen molar-refractivity contribution in [2.75, 3.05) is 5.73 Å². The first-order valence-corrected chi connectivity index (χ1v) is 9.14. The normalized spacial score (nSPS) is 10.9. The molecule has 0 aliphatic heterocycles. The second kappa shape index (κ2) is 6.74. The van der Waals surface area contributed by atoms with Crippen molar-refractivity contribution in [3.05, 3.63) is 50.9 Å². The van der Waals surface area contributed by atoms with Crippen molar-refractivity contribution < 1.29 is 0 Å². The molecule has 3 aromatic rings. The quantitative estimate of drug-likeness (QED) is 0.698. The van der Waals surface area contributed by atoms with Crippen LogP contribution in [0.15, 0.2) is 34.0 Å². The van der Waals surface area contributed by atoms with Crippen LogP contribution in [0.25, 0.3) is 0 Å². The van der Waals surface area contributed by atoms with Crippen molar-refractivity contribution in [2.24, 2.45) is 0 Å². The lowest BCUT2D eigenvalue weighted by atomic mass is 10.2. The number of nitrogens with two attached hydrogens (primary N) is 1. The SMILES string of the molecule is Nc1nnc(SCc2csc(Cc3ccc(Cl)cc3)n2)s1. The standard InChI is InChI=1S/C13H11ClN4S3/c14-9-3-1-8(2-4-9)5-11-16-10(6-19-11)7-20-13-18-17-12(15)21-13/h1-4,6H,5,7H2,(H2,15,17). The molecule has 0 spiro atoms. The summed E-state index contributed by atoms with van der Waals surface area (Å²) in [4.78, 5) is 4.64. The number of thiazole rings is 1. The number of benzene rings is 1. The Kier molecular flexibility index (Phi) is 4.74. The number of hydrogen-bond acceptors (Lipinski definition) is 7. The predicted molar refractivity (Wildman–Crippen MR) is 90.3 cm³/mol. The highest BCUT2D eigenvalue weighted by Crippen LogP contribution is 2.27. The van der Waals surface area contributed by atoms with Crippen molar-refractivity contribution >= 4 is 51.2 Å². The fraction of sp³-hybridized carbons (Fsp3) is 0.154. The molecule has 0 radical (unpaired) electrons. The number of aromatic nitrogens is 3. The third kappa shape index (κ3) is 4.16. The van der Waals surface area contributed by atoms with Gasteiger partial charge < -0.3 is 5.73 Å². The number of thioether (sulfide) groups is 1. The number of nitrogen functional groups attached to an aromatic ring is 1. The number of nitrogens with zero attached hydrogens (tertiary/aromatic N) is 3. The van der Waals surface area contributed by atoms with Gasteiger partial charge in [0, 0.05) is 22.6 Å². The summed E-state index contributed by atoms with van der Waals surface area (Å²) in [6.07, 6.45) is 0.832. The van der Waals surface area contributed by atoms with Crippen molar-refractivity contribution in [1.82, 2.24) is 15.2 Å².